The van der Waals surface area contributed by atoms with Crippen LogP contribution in [0.4, 0.5) is 4.39 Å². The van der Waals surface area contributed by atoms with Crippen LogP contribution in [0, 0.1) is 17.7 Å². The fourth-order valence-corrected chi connectivity index (χ4v) is 1.53. The minimum Gasteiger partial charge on any atom is -0.275 e. The minimum atomic E-state index is -0.194. The molecule has 0 fully saturated rings. The van der Waals surface area contributed by atoms with E-state index < -0.39 is 0 Å². The van der Waals surface area contributed by atoms with Gasteiger partial charge >= 0.3 is 0 Å². The van der Waals surface area contributed by atoms with Gasteiger partial charge in [0.05, 0.1) is 0 Å². The maximum absolute atomic E-state index is 13.5. The maximum Gasteiger partial charge on any atom is 0.135 e. The molecule has 0 N–H and O–H groups in total. The van der Waals surface area contributed by atoms with E-state index in [1.54, 1.807) is 10.7 Å². The molecule has 2 rings (SSSR count). The SMILES string of the molecule is CCc1ccc(C#Cc2ccn(C)n2)cc1F. The zero-order valence-electron chi connectivity index (χ0n) is 9.87. The Morgan fingerprint density at radius 1 is 1.29 bits per heavy atom. The minimum absolute atomic E-state index is 0.194. The molecule has 1 aromatic heterocycles. The Balaban J connectivity index is 2.25. The van der Waals surface area contributed by atoms with Crippen molar-refractivity contribution in [2.24, 2.45) is 7.05 Å². The van der Waals surface area contributed by atoms with Gasteiger partial charge in [-0.2, -0.15) is 5.10 Å². The summed E-state index contributed by atoms with van der Waals surface area (Å²) in [5.74, 6) is 5.60. The van der Waals surface area contributed by atoms with Crippen LogP contribution in [-0.4, -0.2) is 9.78 Å². The first-order valence-corrected chi connectivity index (χ1v) is 5.49. The lowest BCUT2D eigenvalue weighted by Crippen LogP contribution is -1.89. The Morgan fingerprint density at radius 2 is 2.12 bits per heavy atom. The second-order valence-electron chi connectivity index (χ2n) is 3.78. The van der Waals surface area contributed by atoms with E-state index in [2.05, 4.69) is 16.9 Å². The predicted octanol–water partition coefficient (Wildman–Crippen LogP) is 2.52. The fourth-order valence-electron chi connectivity index (χ4n) is 1.53. The van der Waals surface area contributed by atoms with Crippen LogP contribution in [0.25, 0.3) is 0 Å². The Hall–Kier alpha value is -2.08. The van der Waals surface area contributed by atoms with E-state index in [0.29, 0.717) is 23.2 Å². The Labute approximate surface area is 100 Å². The maximum atomic E-state index is 13.5. The first kappa shape index (κ1) is 11.4. The number of nitrogens with zero attached hydrogens (tertiary/aromatic N) is 2. The number of aromatic nitrogens is 2. The summed E-state index contributed by atoms with van der Waals surface area (Å²) in [5, 5.41) is 4.13. The normalized spacial score (nSPS) is 9.82. The van der Waals surface area contributed by atoms with Gasteiger partial charge in [-0.25, -0.2) is 4.39 Å². The van der Waals surface area contributed by atoms with Gasteiger partial charge in [0.1, 0.15) is 11.5 Å². The highest BCUT2D eigenvalue weighted by Crippen LogP contribution is 2.10. The van der Waals surface area contributed by atoms with Gasteiger partial charge in [-0.1, -0.05) is 18.9 Å². The van der Waals surface area contributed by atoms with E-state index in [4.69, 9.17) is 0 Å². The van der Waals surface area contributed by atoms with Crippen LogP contribution < -0.4 is 0 Å². The first-order chi connectivity index (χ1) is 8.19. The summed E-state index contributed by atoms with van der Waals surface area (Å²) in [6.45, 7) is 1.93. The summed E-state index contributed by atoms with van der Waals surface area (Å²) in [6.07, 6.45) is 2.52. The van der Waals surface area contributed by atoms with E-state index in [-0.39, 0.29) is 5.82 Å². The van der Waals surface area contributed by atoms with Crippen molar-refractivity contribution in [3.05, 3.63) is 53.1 Å². The molecule has 0 aliphatic heterocycles. The Morgan fingerprint density at radius 3 is 2.71 bits per heavy atom. The van der Waals surface area contributed by atoms with Crippen molar-refractivity contribution in [1.29, 1.82) is 0 Å². The van der Waals surface area contributed by atoms with Gasteiger partial charge < -0.3 is 0 Å². The summed E-state index contributed by atoms with van der Waals surface area (Å²) >= 11 is 0. The largest absolute Gasteiger partial charge is 0.275 e. The lowest BCUT2D eigenvalue weighted by molar-refractivity contribution is 0.612. The zero-order valence-corrected chi connectivity index (χ0v) is 9.87. The lowest BCUT2D eigenvalue weighted by Gasteiger charge is -1.98. The molecule has 1 aromatic carbocycles. The molecule has 0 spiro atoms. The molecule has 0 aliphatic carbocycles. The van der Waals surface area contributed by atoms with E-state index in [1.807, 2.05) is 32.3 Å². The quantitative estimate of drug-likeness (QED) is 0.686. The zero-order chi connectivity index (χ0) is 12.3. The average molecular weight is 228 g/mol. The van der Waals surface area contributed by atoms with Gasteiger partial charge in [0.15, 0.2) is 0 Å². The topological polar surface area (TPSA) is 17.8 Å². The molecular formula is C14H13FN2. The highest BCUT2D eigenvalue weighted by atomic mass is 19.1. The molecule has 0 saturated heterocycles. The highest BCUT2D eigenvalue weighted by Gasteiger charge is 1.99. The third-order valence-corrected chi connectivity index (χ3v) is 2.48. The van der Waals surface area contributed by atoms with Gasteiger partial charge in [0, 0.05) is 18.8 Å². The van der Waals surface area contributed by atoms with Gasteiger partial charge in [0.25, 0.3) is 0 Å². The fraction of sp³-hybridized carbons (Fsp3) is 0.214. The molecule has 17 heavy (non-hydrogen) atoms. The monoisotopic (exact) mass is 228 g/mol. The molecule has 3 heteroatoms. The summed E-state index contributed by atoms with van der Waals surface area (Å²) in [6, 6.07) is 6.90. The molecule has 0 bridgehead atoms. The second kappa shape index (κ2) is 4.84. The molecule has 0 unspecified atom stereocenters. The molecule has 0 amide bonds. The number of hydrogen-bond donors (Lipinski definition) is 0. The average Bonchev–Trinajstić information content (AvgIpc) is 2.73. The first-order valence-electron chi connectivity index (χ1n) is 5.49. The van der Waals surface area contributed by atoms with Crippen LogP contribution in [0.15, 0.2) is 30.5 Å². The standard InChI is InChI=1S/C14H13FN2/c1-3-12-6-4-11(10-14(12)15)5-7-13-8-9-17(2)16-13/h4,6,8-10H,3H2,1-2H3. The summed E-state index contributed by atoms with van der Waals surface area (Å²) < 4.78 is 15.2. The number of hydrogen-bond acceptors (Lipinski definition) is 1. The van der Waals surface area contributed by atoms with Gasteiger partial charge in [0.2, 0.25) is 0 Å². The summed E-state index contributed by atoms with van der Waals surface area (Å²) in [5.41, 5.74) is 2.08. The van der Waals surface area contributed by atoms with Crippen molar-refractivity contribution in [2.75, 3.05) is 0 Å². The smallest absolute Gasteiger partial charge is 0.135 e. The molecule has 2 aromatic rings. The van der Waals surface area contributed by atoms with E-state index in [9.17, 15) is 4.39 Å². The number of rotatable bonds is 1. The van der Waals surface area contributed by atoms with Crippen molar-refractivity contribution in [2.45, 2.75) is 13.3 Å². The molecule has 1 heterocycles. The number of benzene rings is 1. The molecule has 0 radical (unpaired) electrons. The van der Waals surface area contributed by atoms with Crippen molar-refractivity contribution < 1.29 is 4.39 Å². The highest BCUT2D eigenvalue weighted by molar-refractivity contribution is 5.41. The van der Waals surface area contributed by atoms with E-state index in [1.165, 1.54) is 6.07 Å². The van der Waals surface area contributed by atoms with Gasteiger partial charge in [-0.15, -0.1) is 0 Å². The van der Waals surface area contributed by atoms with Crippen molar-refractivity contribution in [3.63, 3.8) is 0 Å². The molecular weight excluding hydrogens is 215 g/mol. The van der Waals surface area contributed by atoms with Gasteiger partial charge in [-0.3, -0.25) is 4.68 Å². The van der Waals surface area contributed by atoms with Crippen LogP contribution >= 0.6 is 0 Å². The molecule has 0 saturated carbocycles. The van der Waals surface area contributed by atoms with Crippen molar-refractivity contribution >= 4 is 0 Å². The van der Waals surface area contributed by atoms with Crippen LogP contribution in [0.5, 0.6) is 0 Å². The summed E-state index contributed by atoms with van der Waals surface area (Å²) in [4.78, 5) is 0. The number of halogens is 1. The third-order valence-electron chi connectivity index (χ3n) is 2.48. The van der Waals surface area contributed by atoms with Gasteiger partial charge in [-0.05, 0) is 36.1 Å². The molecule has 0 atom stereocenters. The molecule has 0 aliphatic rings. The molecule has 2 nitrogen and oxygen atoms in total. The van der Waals surface area contributed by atoms with Crippen LogP contribution in [0.3, 0.4) is 0 Å². The van der Waals surface area contributed by atoms with Crippen molar-refractivity contribution in [1.82, 2.24) is 9.78 Å². The second-order valence-corrected chi connectivity index (χ2v) is 3.78. The van der Waals surface area contributed by atoms with Crippen molar-refractivity contribution in [3.8, 4) is 11.8 Å². The van der Waals surface area contributed by atoms with Crippen LogP contribution in [0.2, 0.25) is 0 Å². The van der Waals surface area contributed by atoms with E-state index in [0.717, 1.165) is 0 Å². The third kappa shape index (κ3) is 2.73. The Kier molecular flexibility index (Phi) is 3.24. The number of aryl methyl sites for hydroxylation is 2. The summed E-state index contributed by atoms with van der Waals surface area (Å²) in [7, 11) is 1.83. The predicted molar refractivity (Wildman–Crippen MR) is 65.0 cm³/mol. The Bertz CT molecular complexity index is 588. The molecule has 86 valence electrons. The lowest BCUT2D eigenvalue weighted by atomic mass is 10.1. The van der Waals surface area contributed by atoms with Crippen LogP contribution in [-0.2, 0) is 13.5 Å². The van der Waals surface area contributed by atoms with Crippen LogP contribution in [0.1, 0.15) is 23.7 Å². The van der Waals surface area contributed by atoms with E-state index >= 15 is 0 Å².